The van der Waals surface area contributed by atoms with Gasteiger partial charge in [-0.3, -0.25) is 0 Å². The van der Waals surface area contributed by atoms with E-state index in [1.807, 2.05) is 61.5 Å². The van der Waals surface area contributed by atoms with Gasteiger partial charge in [-0.1, -0.05) is 42.5 Å². The van der Waals surface area contributed by atoms with Gasteiger partial charge in [-0.15, -0.1) is 0 Å². The van der Waals surface area contributed by atoms with Crippen molar-refractivity contribution in [2.24, 2.45) is 0 Å². The summed E-state index contributed by atoms with van der Waals surface area (Å²) >= 11 is 0. The Morgan fingerprint density at radius 1 is 0.939 bits per heavy atom. The molecule has 0 N–H and O–H groups in total. The molecule has 176 valence electrons. The van der Waals surface area contributed by atoms with Crippen LogP contribution in [0.1, 0.15) is 24.3 Å². The van der Waals surface area contributed by atoms with Crippen LogP contribution < -0.4 is 4.74 Å². The van der Waals surface area contributed by atoms with Crippen LogP contribution in [0.3, 0.4) is 0 Å². The molecule has 2 aromatic carbocycles. The van der Waals surface area contributed by atoms with Crippen LogP contribution in [-0.4, -0.2) is 56.9 Å². The number of carbonyl (C=O) groups excluding carboxylic acids is 1. The van der Waals surface area contributed by atoms with E-state index in [4.69, 9.17) is 37.9 Å². The van der Waals surface area contributed by atoms with Crippen molar-refractivity contribution in [2.75, 3.05) is 13.7 Å². The van der Waals surface area contributed by atoms with Crippen molar-refractivity contribution in [1.82, 2.24) is 0 Å². The minimum Gasteiger partial charge on any atom is -0.497 e. The van der Waals surface area contributed by atoms with Crippen molar-refractivity contribution < 1.29 is 42.7 Å². The van der Waals surface area contributed by atoms with E-state index in [0.29, 0.717) is 0 Å². The van der Waals surface area contributed by atoms with Gasteiger partial charge in [0.1, 0.15) is 30.7 Å². The maximum atomic E-state index is 12.4. The Labute approximate surface area is 191 Å². The Kier molecular flexibility index (Phi) is 6.48. The predicted molar refractivity (Wildman–Crippen MR) is 112 cm³/mol. The highest BCUT2D eigenvalue weighted by molar-refractivity contribution is 5.60. The molecule has 0 radical (unpaired) electrons. The van der Waals surface area contributed by atoms with Crippen molar-refractivity contribution in [3.05, 3.63) is 65.7 Å². The molecule has 9 heteroatoms. The predicted octanol–water partition coefficient (Wildman–Crippen LogP) is 3.32. The van der Waals surface area contributed by atoms with Crippen LogP contribution in [0.2, 0.25) is 0 Å². The Bertz CT molecular complexity index is 935. The van der Waals surface area contributed by atoms with Crippen molar-refractivity contribution in [3.8, 4) is 5.75 Å². The first kappa shape index (κ1) is 22.1. The molecule has 1 unspecified atom stereocenters. The van der Waals surface area contributed by atoms with E-state index < -0.39 is 49.4 Å². The summed E-state index contributed by atoms with van der Waals surface area (Å²) in [6.45, 7) is 2.18. The monoisotopic (exact) mass is 458 g/mol. The van der Waals surface area contributed by atoms with Crippen molar-refractivity contribution in [1.29, 1.82) is 0 Å². The molecule has 3 aliphatic heterocycles. The van der Waals surface area contributed by atoms with E-state index in [2.05, 4.69) is 0 Å². The largest absolute Gasteiger partial charge is 0.511 e. The normalized spacial score (nSPS) is 33.0. The van der Waals surface area contributed by atoms with Gasteiger partial charge in [0.05, 0.1) is 13.7 Å². The SMILES string of the molecule is COc1ccc(C2O[C@@H]3[C@@H](O2)[C@H](OC(=O)OCc2ccccc2)O[C@@H]2CO[C@@H](C)O[C@@H]32)cc1. The molecule has 0 aromatic heterocycles. The summed E-state index contributed by atoms with van der Waals surface area (Å²) in [5.41, 5.74) is 1.65. The molecule has 33 heavy (non-hydrogen) atoms. The molecule has 0 bridgehead atoms. The Balaban J connectivity index is 1.29. The molecule has 3 saturated heterocycles. The van der Waals surface area contributed by atoms with Gasteiger partial charge in [-0.25, -0.2) is 4.79 Å². The zero-order valence-electron chi connectivity index (χ0n) is 18.3. The van der Waals surface area contributed by atoms with Crippen LogP contribution in [0.15, 0.2) is 54.6 Å². The van der Waals surface area contributed by atoms with Gasteiger partial charge in [-0.05, 0) is 24.6 Å². The smallest absolute Gasteiger partial charge is 0.497 e. The quantitative estimate of drug-likeness (QED) is 0.626. The molecule has 0 amide bonds. The van der Waals surface area contributed by atoms with E-state index in [0.717, 1.165) is 16.9 Å². The van der Waals surface area contributed by atoms with E-state index in [1.54, 1.807) is 7.11 Å². The van der Waals surface area contributed by atoms with E-state index in [-0.39, 0.29) is 13.2 Å². The molecule has 0 saturated carbocycles. The summed E-state index contributed by atoms with van der Waals surface area (Å²) in [6, 6.07) is 16.7. The number of carbonyl (C=O) groups is 1. The second-order valence-corrected chi connectivity index (χ2v) is 7.99. The third-order valence-corrected chi connectivity index (χ3v) is 5.80. The van der Waals surface area contributed by atoms with E-state index in [1.165, 1.54) is 0 Å². The van der Waals surface area contributed by atoms with Gasteiger partial charge >= 0.3 is 6.16 Å². The number of hydrogen-bond donors (Lipinski definition) is 0. The lowest BCUT2D eigenvalue weighted by Crippen LogP contribution is -2.62. The fourth-order valence-electron chi connectivity index (χ4n) is 4.14. The first-order valence-electron chi connectivity index (χ1n) is 10.9. The van der Waals surface area contributed by atoms with Crippen LogP contribution in [0.5, 0.6) is 5.75 Å². The summed E-state index contributed by atoms with van der Waals surface area (Å²) < 4.78 is 45.8. The highest BCUT2D eigenvalue weighted by atomic mass is 16.8. The number of ether oxygens (including phenoxy) is 8. The molecule has 5 rings (SSSR count). The van der Waals surface area contributed by atoms with Gasteiger partial charge in [0, 0.05) is 5.56 Å². The summed E-state index contributed by atoms with van der Waals surface area (Å²) in [6.07, 6.45) is -5.11. The van der Waals surface area contributed by atoms with Crippen LogP contribution in [0, 0.1) is 0 Å². The second-order valence-electron chi connectivity index (χ2n) is 7.99. The lowest BCUT2D eigenvalue weighted by atomic mass is 9.98. The topological polar surface area (TPSA) is 90.9 Å². The fourth-order valence-corrected chi connectivity index (χ4v) is 4.14. The van der Waals surface area contributed by atoms with Gasteiger partial charge in [-0.2, -0.15) is 0 Å². The first-order chi connectivity index (χ1) is 16.1. The number of methoxy groups -OCH3 is 1. The summed E-state index contributed by atoms with van der Waals surface area (Å²) in [7, 11) is 1.60. The Morgan fingerprint density at radius 2 is 1.70 bits per heavy atom. The van der Waals surface area contributed by atoms with Crippen molar-refractivity contribution >= 4 is 6.16 Å². The third-order valence-electron chi connectivity index (χ3n) is 5.80. The minimum absolute atomic E-state index is 0.0854. The second kappa shape index (κ2) is 9.66. The van der Waals surface area contributed by atoms with Crippen molar-refractivity contribution in [3.63, 3.8) is 0 Å². The van der Waals surface area contributed by atoms with Gasteiger partial charge in [0.2, 0.25) is 6.29 Å². The summed E-state index contributed by atoms with van der Waals surface area (Å²) in [4.78, 5) is 12.4. The molecule has 0 aliphatic carbocycles. The van der Waals surface area contributed by atoms with Crippen molar-refractivity contribution in [2.45, 2.75) is 56.8 Å². The average molecular weight is 458 g/mol. The third kappa shape index (κ3) is 4.83. The molecular formula is C24H26O9. The minimum atomic E-state index is -1.04. The van der Waals surface area contributed by atoms with E-state index in [9.17, 15) is 4.79 Å². The molecular weight excluding hydrogens is 432 g/mol. The number of fused-ring (bicyclic) bond motifs is 3. The number of benzene rings is 2. The molecule has 3 fully saturated rings. The maximum absolute atomic E-state index is 12.4. The van der Waals surface area contributed by atoms with Gasteiger partial charge in [0.15, 0.2) is 18.7 Å². The van der Waals surface area contributed by atoms with Crippen LogP contribution in [0.25, 0.3) is 0 Å². The maximum Gasteiger partial charge on any atom is 0.511 e. The van der Waals surface area contributed by atoms with Crippen LogP contribution in [0.4, 0.5) is 4.79 Å². The zero-order chi connectivity index (χ0) is 22.8. The Hall–Kier alpha value is -2.69. The molecule has 2 aromatic rings. The molecule has 0 spiro atoms. The lowest BCUT2D eigenvalue weighted by molar-refractivity contribution is -0.333. The standard InChI is InChI=1S/C24H26O9/c1-14-27-13-18-19(29-14)20-21(32-22(31-20)16-8-10-17(26-2)11-9-16)23(30-18)33-24(25)28-12-15-6-4-3-5-7-15/h3-11,14,18-23H,12-13H2,1-2H3/t14-,18-,19-,20+,21-,22?,23+/m1/s1. The summed E-state index contributed by atoms with van der Waals surface area (Å²) in [5, 5.41) is 0. The lowest BCUT2D eigenvalue weighted by Gasteiger charge is -2.44. The number of hydrogen-bond acceptors (Lipinski definition) is 9. The zero-order valence-corrected chi connectivity index (χ0v) is 18.3. The molecule has 3 heterocycles. The highest BCUT2D eigenvalue weighted by Crippen LogP contribution is 2.42. The first-order valence-corrected chi connectivity index (χ1v) is 10.9. The molecule has 3 aliphatic rings. The fraction of sp³-hybridized carbons (Fsp3) is 0.458. The average Bonchev–Trinajstić information content (AvgIpc) is 3.30. The van der Waals surface area contributed by atoms with Crippen LogP contribution >= 0.6 is 0 Å². The molecule has 7 atom stereocenters. The highest BCUT2D eigenvalue weighted by Gasteiger charge is 2.57. The number of rotatable bonds is 5. The Morgan fingerprint density at radius 3 is 2.45 bits per heavy atom. The van der Waals surface area contributed by atoms with Crippen LogP contribution in [-0.2, 0) is 39.8 Å². The molecule has 9 nitrogen and oxygen atoms in total. The van der Waals surface area contributed by atoms with E-state index >= 15 is 0 Å². The van der Waals surface area contributed by atoms with Gasteiger partial charge < -0.3 is 37.9 Å². The summed E-state index contributed by atoms with van der Waals surface area (Å²) in [5.74, 6) is 0.724. The van der Waals surface area contributed by atoms with Gasteiger partial charge in [0.25, 0.3) is 0 Å².